The first kappa shape index (κ1) is 20.6. The molecular formula is C26H32N6O. The highest BCUT2D eigenvalue weighted by molar-refractivity contribution is 5.80. The Balaban J connectivity index is 1.20. The zero-order valence-electron chi connectivity index (χ0n) is 19.4. The standard InChI is InChI=1S/C26H32N6O/c1-18-21-7-5-13-31(14-19-10-11-19)26(21)29-25(28-18)20-6-4-12-30(15-20)24(33)16-32-17-27-22-8-2-3-9-23(22)32/h2-3,8-9,17,19-20H,4-7,10-16H2,1H3. The Bertz CT molecular complexity index is 1180. The van der Waals surface area contributed by atoms with Crippen molar-refractivity contribution >= 4 is 22.8 Å². The molecule has 2 fully saturated rings. The third-order valence-electron chi connectivity index (χ3n) is 7.51. The molecule has 0 spiro atoms. The molecule has 2 aliphatic heterocycles. The van der Waals surface area contributed by atoms with E-state index in [1.807, 2.05) is 33.7 Å². The van der Waals surface area contributed by atoms with Crippen LogP contribution in [0.3, 0.4) is 0 Å². The summed E-state index contributed by atoms with van der Waals surface area (Å²) < 4.78 is 1.95. The van der Waals surface area contributed by atoms with Crippen LogP contribution in [0, 0.1) is 12.8 Å². The third-order valence-corrected chi connectivity index (χ3v) is 7.51. The molecule has 1 aromatic carbocycles. The quantitative estimate of drug-likeness (QED) is 0.600. The van der Waals surface area contributed by atoms with Crippen LogP contribution >= 0.6 is 0 Å². The van der Waals surface area contributed by atoms with Gasteiger partial charge in [0.25, 0.3) is 0 Å². The van der Waals surface area contributed by atoms with Gasteiger partial charge in [0.2, 0.25) is 5.91 Å². The van der Waals surface area contributed by atoms with Gasteiger partial charge in [-0.15, -0.1) is 0 Å². The van der Waals surface area contributed by atoms with E-state index in [0.29, 0.717) is 13.1 Å². The minimum Gasteiger partial charge on any atom is -0.356 e. The third kappa shape index (κ3) is 4.09. The van der Waals surface area contributed by atoms with Gasteiger partial charge < -0.3 is 14.4 Å². The summed E-state index contributed by atoms with van der Waals surface area (Å²) in [6.45, 7) is 6.21. The average Bonchev–Trinajstić information content (AvgIpc) is 3.58. The first-order valence-electron chi connectivity index (χ1n) is 12.5. The molecule has 1 atom stereocenters. The highest BCUT2D eigenvalue weighted by atomic mass is 16.2. The van der Waals surface area contributed by atoms with Crippen LogP contribution in [0.1, 0.15) is 55.1 Å². The number of hydrogen-bond donors (Lipinski definition) is 0. The van der Waals surface area contributed by atoms with Crippen molar-refractivity contribution in [3.63, 3.8) is 0 Å². The van der Waals surface area contributed by atoms with Crippen molar-refractivity contribution in [2.75, 3.05) is 31.1 Å². The predicted molar refractivity (Wildman–Crippen MR) is 128 cm³/mol. The number of imidazole rings is 1. The number of carbonyl (C=O) groups excluding carboxylic acids is 1. The number of fused-ring (bicyclic) bond motifs is 2. The molecule has 4 heterocycles. The molecule has 0 bridgehead atoms. The molecule has 172 valence electrons. The Hall–Kier alpha value is -2.96. The maximum atomic E-state index is 13.2. The van der Waals surface area contributed by atoms with Gasteiger partial charge in [0, 0.05) is 43.4 Å². The zero-order chi connectivity index (χ0) is 22.4. The Morgan fingerprint density at radius 3 is 2.85 bits per heavy atom. The Labute approximate surface area is 194 Å². The number of amides is 1. The molecule has 2 aromatic heterocycles. The van der Waals surface area contributed by atoms with E-state index in [9.17, 15) is 4.79 Å². The van der Waals surface area contributed by atoms with Crippen LogP contribution in [-0.2, 0) is 17.8 Å². The van der Waals surface area contributed by atoms with Crippen molar-refractivity contribution in [3.05, 3.63) is 47.7 Å². The van der Waals surface area contributed by atoms with E-state index in [1.54, 1.807) is 6.33 Å². The second-order valence-corrected chi connectivity index (χ2v) is 10.0. The SMILES string of the molecule is Cc1nc(C2CCCN(C(=O)Cn3cnc4ccccc43)C2)nc2c1CCCN2CC1CC1. The number of nitrogens with zero attached hydrogens (tertiary/aromatic N) is 6. The lowest BCUT2D eigenvalue weighted by Gasteiger charge is -2.34. The van der Waals surface area contributed by atoms with Gasteiger partial charge in [-0.1, -0.05) is 12.1 Å². The number of aryl methyl sites for hydroxylation is 1. The highest BCUT2D eigenvalue weighted by Crippen LogP contribution is 2.36. The Kier molecular flexibility index (Phi) is 5.27. The van der Waals surface area contributed by atoms with E-state index in [-0.39, 0.29) is 11.8 Å². The first-order valence-corrected chi connectivity index (χ1v) is 12.5. The van der Waals surface area contributed by atoms with E-state index in [2.05, 4.69) is 16.8 Å². The monoisotopic (exact) mass is 444 g/mol. The van der Waals surface area contributed by atoms with E-state index in [4.69, 9.17) is 9.97 Å². The van der Waals surface area contributed by atoms with Crippen molar-refractivity contribution < 1.29 is 4.79 Å². The van der Waals surface area contributed by atoms with E-state index in [0.717, 1.165) is 67.4 Å². The Morgan fingerprint density at radius 1 is 1.09 bits per heavy atom. The molecule has 7 nitrogen and oxygen atoms in total. The van der Waals surface area contributed by atoms with Gasteiger partial charge in [0.15, 0.2) is 0 Å². The van der Waals surface area contributed by atoms with Crippen LogP contribution in [0.4, 0.5) is 5.82 Å². The van der Waals surface area contributed by atoms with Gasteiger partial charge in [-0.2, -0.15) is 0 Å². The number of rotatable bonds is 5. The van der Waals surface area contributed by atoms with E-state index < -0.39 is 0 Å². The van der Waals surface area contributed by atoms with Crippen molar-refractivity contribution in [1.29, 1.82) is 0 Å². The maximum absolute atomic E-state index is 13.2. The fraction of sp³-hybridized carbons (Fsp3) is 0.538. The molecule has 3 aromatic rings. The lowest BCUT2D eigenvalue weighted by Crippen LogP contribution is -2.41. The summed E-state index contributed by atoms with van der Waals surface area (Å²) in [5.41, 5.74) is 4.39. The van der Waals surface area contributed by atoms with Crippen molar-refractivity contribution in [2.24, 2.45) is 5.92 Å². The van der Waals surface area contributed by atoms with Gasteiger partial charge in [-0.25, -0.2) is 15.0 Å². The molecule has 1 aliphatic carbocycles. The predicted octanol–water partition coefficient (Wildman–Crippen LogP) is 3.70. The number of para-hydroxylation sites is 2. The van der Waals surface area contributed by atoms with Crippen molar-refractivity contribution in [1.82, 2.24) is 24.4 Å². The zero-order valence-corrected chi connectivity index (χ0v) is 19.4. The van der Waals surface area contributed by atoms with Gasteiger partial charge in [0.1, 0.15) is 18.2 Å². The summed E-state index contributed by atoms with van der Waals surface area (Å²) >= 11 is 0. The largest absolute Gasteiger partial charge is 0.356 e. The maximum Gasteiger partial charge on any atom is 0.242 e. The summed E-state index contributed by atoms with van der Waals surface area (Å²) in [5, 5.41) is 0. The average molecular weight is 445 g/mol. The number of benzene rings is 1. The van der Waals surface area contributed by atoms with Gasteiger partial charge >= 0.3 is 0 Å². The van der Waals surface area contributed by atoms with Crippen LogP contribution in [0.25, 0.3) is 11.0 Å². The first-order chi connectivity index (χ1) is 16.2. The number of piperidine rings is 1. The molecule has 1 unspecified atom stereocenters. The van der Waals surface area contributed by atoms with Gasteiger partial charge in [-0.3, -0.25) is 4.79 Å². The van der Waals surface area contributed by atoms with Crippen molar-refractivity contribution in [3.8, 4) is 0 Å². The lowest BCUT2D eigenvalue weighted by atomic mass is 9.96. The normalized spacial score (nSPS) is 20.8. The van der Waals surface area contributed by atoms with Crippen LogP contribution in [0.5, 0.6) is 0 Å². The second kappa shape index (κ2) is 8.43. The molecule has 0 N–H and O–H groups in total. The summed E-state index contributed by atoms with van der Waals surface area (Å²) in [6.07, 6.45) is 8.79. The minimum atomic E-state index is 0.146. The van der Waals surface area contributed by atoms with Crippen LogP contribution < -0.4 is 4.90 Å². The fourth-order valence-electron chi connectivity index (χ4n) is 5.48. The van der Waals surface area contributed by atoms with Crippen molar-refractivity contribution in [2.45, 2.75) is 57.9 Å². The van der Waals surface area contributed by atoms with Gasteiger partial charge in [-0.05, 0) is 63.5 Å². The molecular weight excluding hydrogens is 412 g/mol. The smallest absolute Gasteiger partial charge is 0.242 e. The molecule has 33 heavy (non-hydrogen) atoms. The highest BCUT2D eigenvalue weighted by Gasteiger charge is 2.31. The molecule has 1 saturated carbocycles. The number of anilines is 1. The second-order valence-electron chi connectivity index (χ2n) is 10.0. The molecule has 7 heteroatoms. The van der Waals surface area contributed by atoms with Crippen LogP contribution in [0.2, 0.25) is 0 Å². The summed E-state index contributed by atoms with van der Waals surface area (Å²) in [7, 11) is 0. The van der Waals surface area contributed by atoms with E-state index >= 15 is 0 Å². The number of carbonyl (C=O) groups is 1. The molecule has 0 radical (unpaired) electrons. The summed E-state index contributed by atoms with van der Waals surface area (Å²) in [5.74, 6) is 3.30. The molecule has 1 saturated heterocycles. The lowest BCUT2D eigenvalue weighted by molar-refractivity contribution is -0.133. The Morgan fingerprint density at radius 2 is 1.97 bits per heavy atom. The van der Waals surface area contributed by atoms with E-state index in [1.165, 1.54) is 30.6 Å². The van der Waals surface area contributed by atoms with Gasteiger partial charge in [0.05, 0.1) is 17.4 Å². The molecule has 1 amide bonds. The minimum absolute atomic E-state index is 0.146. The topological polar surface area (TPSA) is 67.2 Å². The number of likely N-dealkylation sites (tertiary alicyclic amines) is 1. The molecule has 3 aliphatic rings. The van der Waals surface area contributed by atoms with Crippen LogP contribution in [-0.4, -0.2) is 56.5 Å². The molecule has 6 rings (SSSR count). The summed E-state index contributed by atoms with van der Waals surface area (Å²) in [4.78, 5) is 32.2. The number of aromatic nitrogens is 4. The fourth-order valence-corrected chi connectivity index (χ4v) is 5.48. The summed E-state index contributed by atoms with van der Waals surface area (Å²) in [6, 6.07) is 7.97. The van der Waals surface area contributed by atoms with Crippen LogP contribution in [0.15, 0.2) is 30.6 Å². The number of hydrogen-bond acceptors (Lipinski definition) is 5.